The molecule has 3 aromatic rings. The fraction of sp³-hybridized carbons (Fsp3) is 0.250. The van der Waals surface area contributed by atoms with Gasteiger partial charge in [-0.3, -0.25) is 0 Å². The molecule has 2 aromatic carbocycles. The highest BCUT2D eigenvalue weighted by Gasteiger charge is 2.23. The van der Waals surface area contributed by atoms with E-state index in [0.717, 1.165) is 34.4 Å². The summed E-state index contributed by atoms with van der Waals surface area (Å²) >= 11 is 6.25. The summed E-state index contributed by atoms with van der Waals surface area (Å²) in [6, 6.07) is 11.0. The molecule has 2 heterocycles. The lowest BCUT2D eigenvalue weighted by atomic mass is 10.0. The van der Waals surface area contributed by atoms with Crippen LogP contribution < -0.4 is 20.0 Å². The van der Waals surface area contributed by atoms with Crippen LogP contribution in [0.5, 0.6) is 11.5 Å². The Hall–Kier alpha value is -2.66. The molecule has 0 aliphatic carbocycles. The van der Waals surface area contributed by atoms with Gasteiger partial charge in [0, 0.05) is 17.1 Å². The zero-order chi connectivity index (χ0) is 18.3. The molecule has 1 aromatic heterocycles. The van der Waals surface area contributed by atoms with E-state index in [1.54, 1.807) is 13.2 Å². The third-order valence-corrected chi connectivity index (χ3v) is 4.96. The summed E-state index contributed by atoms with van der Waals surface area (Å²) in [6.45, 7) is 2.97. The molecule has 0 atom stereocenters. The van der Waals surface area contributed by atoms with Gasteiger partial charge >= 0.3 is 5.63 Å². The molecular weight excluding hydrogens is 354 g/mol. The van der Waals surface area contributed by atoms with E-state index in [1.165, 1.54) is 0 Å². The van der Waals surface area contributed by atoms with E-state index in [4.69, 9.17) is 25.5 Å². The van der Waals surface area contributed by atoms with Gasteiger partial charge in [-0.25, -0.2) is 4.79 Å². The Bertz CT molecular complexity index is 1040. The summed E-state index contributed by atoms with van der Waals surface area (Å²) in [7, 11) is 1.58. The van der Waals surface area contributed by atoms with Gasteiger partial charge in [0.2, 0.25) is 0 Å². The number of anilines is 1. The highest BCUT2D eigenvalue weighted by Crippen LogP contribution is 2.36. The van der Waals surface area contributed by atoms with Crippen molar-refractivity contribution < 1.29 is 13.9 Å². The number of benzene rings is 2. The van der Waals surface area contributed by atoms with Crippen molar-refractivity contribution in [2.75, 3.05) is 18.7 Å². The number of hydrogen-bond acceptors (Lipinski definition) is 5. The SMILES string of the molecule is CCc1cc(=O)oc2c3c(ccc12)OCN(c1ccc(OC)c(Cl)c1)C3. The number of ether oxygens (including phenoxy) is 2. The van der Waals surface area contributed by atoms with Gasteiger partial charge < -0.3 is 18.8 Å². The average molecular weight is 372 g/mol. The van der Waals surface area contributed by atoms with Crippen LogP contribution in [0, 0.1) is 0 Å². The Balaban J connectivity index is 1.79. The first-order chi connectivity index (χ1) is 12.6. The number of fused-ring (bicyclic) bond motifs is 3. The maximum Gasteiger partial charge on any atom is 0.336 e. The topological polar surface area (TPSA) is 51.9 Å². The maximum atomic E-state index is 12.0. The summed E-state index contributed by atoms with van der Waals surface area (Å²) in [5, 5.41) is 1.48. The monoisotopic (exact) mass is 371 g/mol. The van der Waals surface area contributed by atoms with Crippen molar-refractivity contribution in [3.63, 3.8) is 0 Å². The van der Waals surface area contributed by atoms with Crippen LogP contribution >= 0.6 is 11.6 Å². The van der Waals surface area contributed by atoms with Gasteiger partial charge in [0.15, 0.2) is 6.73 Å². The minimum absolute atomic E-state index is 0.340. The van der Waals surface area contributed by atoms with Gasteiger partial charge in [-0.05, 0) is 42.3 Å². The lowest BCUT2D eigenvalue weighted by molar-refractivity contribution is 0.289. The molecule has 5 nitrogen and oxygen atoms in total. The van der Waals surface area contributed by atoms with Crippen LogP contribution in [-0.4, -0.2) is 13.8 Å². The van der Waals surface area contributed by atoms with Crippen LogP contribution in [0.3, 0.4) is 0 Å². The van der Waals surface area contributed by atoms with E-state index in [0.29, 0.717) is 29.6 Å². The molecule has 4 rings (SSSR count). The largest absolute Gasteiger partial charge is 0.495 e. The van der Waals surface area contributed by atoms with E-state index in [-0.39, 0.29) is 5.63 Å². The first-order valence-corrected chi connectivity index (χ1v) is 8.78. The number of methoxy groups -OCH3 is 1. The second-order valence-electron chi connectivity index (χ2n) is 6.15. The van der Waals surface area contributed by atoms with Crippen LogP contribution in [0.1, 0.15) is 18.1 Å². The summed E-state index contributed by atoms with van der Waals surface area (Å²) < 4.78 is 16.6. The Kier molecular flexibility index (Phi) is 4.24. The predicted octanol–water partition coefficient (Wildman–Crippen LogP) is 4.37. The van der Waals surface area contributed by atoms with E-state index in [2.05, 4.69) is 0 Å². The van der Waals surface area contributed by atoms with Crippen LogP contribution in [0.25, 0.3) is 11.0 Å². The normalized spacial score (nSPS) is 13.4. The lowest BCUT2D eigenvalue weighted by Crippen LogP contribution is -2.32. The van der Waals surface area contributed by atoms with Gasteiger partial charge in [-0.1, -0.05) is 18.5 Å². The molecule has 0 spiro atoms. The fourth-order valence-electron chi connectivity index (χ4n) is 3.31. The Labute approximate surface area is 155 Å². The lowest BCUT2D eigenvalue weighted by Gasteiger charge is -2.31. The van der Waals surface area contributed by atoms with Crippen LogP contribution in [0.4, 0.5) is 5.69 Å². The molecule has 0 saturated heterocycles. The molecule has 1 aliphatic rings. The second-order valence-corrected chi connectivity index (χ2v) is 6.56. The van der Waals surface area contributed by atoms with Gasteiger partial charge in [-0.15, -0.1) is 0 Å². The minimum atomic E-state index is -0.340. The Morgan fingerprint density at radius 2 is 2.08 bits per heavy atom. The second kappa shape index (κ2) is 6.57. The maximum absolute atomic E-state index is 12.0. The fourth-order valence-corrected chi connectivity index (χ4v) is 3.56. The molecule has 6 heteroatoms. The van der Waals surface area contributed by atoms with Crippen molar-refractivity contribution in [1.29, 1.82) is 0 Å². The van der Waals surface area contributed by atoms with Crippen molar-refractivity contribution in [2.24, 2.45) is 0 Å². The Morgan fingerprint density at radius 1 is 1.23 bits per heavy atom. The van der Waals surface area contributed by atoms with Crippen molar-refractivity contribution in [3.05, 3.63) is 63.0 Å². The standard InChI is InChI=1S/C20H18ClNO4/c1-3-12-8-19(23)26-20-14(12)5-7-17-15(20)10-22(11-25-17)13-4-6-18(24-2)16(21)9-13/h4-9H,3,10-11H2,1-2H3. The van der Waals surface area contributed by atoms with Crippen LogP contribution in [0.15, 0.2) is 45.6 Å². The number of halogens is 1. The van der Waals surface area contributed by atoms with E-state index >= 15 is 0 Å². The van der Waals surface area contributed by atoms with Crippen molar-refractivity contribution in [3.8, 4) is 11.5 Å². The van der Waals surface area contributed by atoms with E-state index in [1.807, 2.05) is 42.2 Å². The van der Waals surface area contributed by atoms with Crippen molar-refractivity contribution >= 4 is 28.3 Å². The number of aryl methyl sites for hydroxylation is 1. The zero-order valence-corrected chi connectivity index (χ0v) is 15.3. The highest BCUT2D eigenvalue weighted by molar-refractivity contribution is 6.32. The summed E-state index contributed by atoms with van der Waals surface area (Å²) in [5.74, 6) is 1.36. The predicted molar refractivity (Wildman–Crippen MR) is 102 cm³/mol. The first-order valence-electron chi connectivity index (χ1n) is 8.40. The summed E-state index contributed by atoms with van der Waals surface area (Å²) in [6.07, 6.45) is 0.763. The zero-order valence-electron chi connectivity index (χ0n) is 14.5. The minimum Gasteiger partial charge on any atom is -0.495 e. The molecular formula is C20H18ClNO4. The summed E-state index contributed by atoms with van der Waals surface area (Å²) in [4.78, 5) is 14.0. The molecule has 0 N–H and O–H groups in total. The third kappa shape index (κ3) is 2.78. The van der Waals surface area contributed by atoms with Crippen LogP contribution in [-0.2, 0) is 13.0 Å². The number of rotatable bonds is 3. The molecule has 0 amide bonds. The molecule has 0 bridgehead atoms. The van der Waals surface area contributed by atoms with E-state index in [9.17, 15) is 4.79 Å². The molecule has 0 unspecified atom stereocenters. The molecule has 0 fully saturated rings. The van der Waals surface area contributed by atoms with Gasteiger partial charge in [-0.2, -0.15) is 0 Å². The van der Waals surface area contributed by atoms with Gasteiger partial charge in [0.05, 0.1) is 24.2 Å². The molecule has 0 saturated carbocycles. The quantitative estimate of drug-likeness (QED) is 0.640. The number of nitrogens with zero attached hydrogens (tertiary/aromatic N) is 1. The van der Waals surface area contributed by atoms with Crippen LogP contribution in [0.2, 0.25) is 5.02 Å². The molecule has 1 aliphatic heterocycles. The van der Waals surface area contributed by atoms with E-state index < -0.39 is 0 Å². The number of hydrogen-bond donors (Lipinski definition) is 0. The average Bonchev–Trinajstić information content (AvgIpc) is 2.66. The molecule has 134 valence electrons. The van der Waals surface area contributed by atoms with Gasteiger partial charge in [0.1, 0.15) is 17.1 Å². The van der Waals surface area contributed by atoms with Gasteiger partial charge in [0.25, 0.3) is 0 Å². The molecule has 0 radical (unpaired) electrons. The Morgan fingerprint density at radius 3 is 2.81 bits per heavy atom. The van der Waals surface area contributed by atoms with Crippen molar-refractivity contribution in [1.82, 2.24) is 0 Å². The first kappa shape index (κ1) is 16.8. The summed E-state index contributed by atoms with van der Waals surface area (Å²) in [5.41, 5.74) is 3.01. The highest BCUT2D eigenvalue weighted by atomic mass is 35.5. The third-order valence-electron chi connectivity index (χ3n) is 4.66. The smallest absolute Gasteiger partial charge is 0.336 e. The molecule has 26 heavy (non-hydrogen) atoms. The van der Waals surface area contributed by atoms with Crippen molar-refractivity contribution in [2.45, 2.75) is 19.9 Å².